The molecule has 1 aromatic rings. The monoisotopic (exact) mass is 265 g/mol. The zero-order valence-electron chi connectivity index (χ0n) is 12.2. The van der Waals surface area contributed by atoms with Gasteiger partial charge in [-0.15, -0.1) is 0 Å². The van der Waals surface area contributed by atoms with Crippen LogP contribution in [0.5, 0.6) is 0 Å². The minimum absolute atomic E-state index is 0.201. The third-order valence-corrected chi connectivity index (χ3v) is 3.37. The average molecular weight is 265 g/mol. The highest BCUT2D eigenvalue weighted by Crippen LogP contribution is 2.24. The highest BCUT2D eigenvalue weighted by Gasteiger charge is 2.27. The number of carbonyl (C=O) groups excluding carboxylic acids is 1. The Kier molecular flexibility index (Phi) is 3.83. The van der Waals surface area contributed by atoms with Crippen molar-refractivity contribution >= 4 is 6.09 Å². The second-order valence-electron chi connectivity index (χ2n) is 6.14. The fraction of sp³-hybridized carbons (Fsp3) is 0.714. The van der Waals surface area contributed by atoms with Gasteiger partial charge in [0.25, 0.3) is 0 Å². The molecule has 19 heavy (non-hydrogen) atoms. The number of amides is 1. The number of nitrogens with zero attached hydrogens (tertiary/aromatic N) is 3. The topological polar surface area (TPSA) is 47.4 Å². The van der Waals surface area contributed by atoms with Crippen LogP contribution >= 0.6 is 0 Å². The summed E-state index contributed by atoms with van der Waals surface area (Å²) in [7, 11) is 0. The van der Waals surface area contributed by atoms with E-state index in [2.05, 4.69) is 16.5 Å². The molecule has 1 amide bonds. The maximum absolute atomic E-state index is 12.0. The molecule has 1 fully saturated rings. The van der Waals surface area contributed by atoms with E-state index in [9.17, 15) is 4.79 Å². The Morgan fingerprint density at radius 1 is 1.37 bits per heavy atom. The van der Waals surface area contributed by atoms with Crippen molar-refractivity contribution in [3.63, 3.8) is 0 Å². The Labute approximate surface area is 114 Å². The Morgan fingerprint density at radius 3 is 2.47 bits per heavy atom. The molecule has 0 unspecified atom stereocenters. The normalized spacial score (nSPS) is 17.6. The molecule has 1 aliphatic rings. The molecule has 0 radical (unpaired) electrons. The summed E-state index contributed by atoms with van der Waals surface area (Å²) in [6.45, 7) is 9.24. The molecular weight excluding hydrogens is 242 g/mol. The fourth-order valence-corrected chi connectivity index (χ4v) is 2.41. The Hall–Kier alpha value is -1.52. The van der Waals surface area contributed by atoms with Gasteiger partial charge in [0, 0.05) is 31.0 Å². The quantitative estimate of drug-likeness (QED) is 0.784. The standard InChI is InChI=1S/C14H23N3O2/c1-11-9-15-10-17(11)12-5-7-16(8-6-12)13(18)19-14(2,3)4/h9-10,12H,5-8H2,1-4H3. The van der Waals surface area contributed by atoms with E-state index in [4.69, 9.17) is 4.74 Å². The van der Waals surface area contributed by atoms with Crippen molar-refractivity contribution < 1.29 is 9.53 Å². The summed E-state index contributed by atoms with van der Waals surface area (Å²) in [6.07, 6.45) is 5.46. The van der Waals surface area contributed by atoms with Gasteiger partial charge in [-0.05, 0) is 40.5 Å². The lowest BCUT2D eigenvalue weighted by atomic mass is 10.1. The number of aromatic nitrogens is 2. The van der Waals surface area contributed by atoms with Crippen molar-refractivity contribution in [1.29, 1.82) is 0 Å². The number of hydrogen-bond donors (Lipinski definition) is 0. The van der Waals surface area contributed by atoms with Crippen molar-refractivity contribution in [3.05, 3.63) is 18.2 Å². The third-order valence-electron chi connectivity index (χ3n) is 3.37. The van der Waals surface area contributed by atoms with E-state index >= 15 is 0 Å². The van der Waals surface area contributed by atoms with E-state index in [1.165, 1.54) is 5.69 Å². The Balaban J connectivity index is 1.89. The van der Waals surface area contributed by atoms with Crippen LogP contribution in [0.15, 0.2) is 12.5 Å². The largest absolute Gasteiger partial charge is 0.444 e. The lowest BCUT2D eigenvalue weighted by Crippen LogP contribution is -2.42. The second-order valence-corrected chi connectivity index (χ2v) is 6.14. The molecule has 0 atom stereocenters. The molecule has 1 aliphatic heterocycles. The van der Waals surface area contributed by atoms with Gasteiger partial charge in [0.1, 0.15) is 5.60 Å². The minimum Gasteiger partial charge on any atom is -0.444 e. The summed E-state index contributed by atoms with van der Waals surface area (Å²) in [4.78, 5) is 17.9. The first kappa shape index (κ1) is 13.9. The molecule has 5 heteroatoms. The van der Waals surface area contributed by atoms with Crippen LogP contribution in [0.1, 0.15) is 45.3 Å². The van der Waals surface area contributed by atoms with Gasteiger partial charge in [0.05, 0.1) is 6.33 Å². The number of aryl methyl sites for hydroxylation is 1. The van der Waals surface area contributed by atoms with E-state index in [1.54, 1.807) is 4.90 Å². The first-order valence-corrected chi connectivity index (χ1v) is 6.83. The molecule has 0 aliphatic carbocycles. The number of likely N-dealkylation sites (tertiary alicyclic amines) is 1. The SMILES string of the molecule is Cc1cncn1C1CCN(C(=O)OC(C)(C)C)CC1. The van der Waals surface area contributed by atoms with Gasteiger partial charge in [0.2, 0.25) is 0 Å². The maximum atomic E-state index is 12.0. The van der Waals surface area contributed by atoms with Crippen LogP contribution in [0.4, 0.5) is 4.79 Å². The van der Waals surface area contributed by atoms with Crippen LogP contribution < -0.4 is 0 Å². The summed E-state index contributed by atoms with van der Waals surface area (Å²) < 4.78 is 7.60. The van der Waals surface area contributed by atoms with Gasteiger partial charge in [-0.1, -0.05) is 0 Å². The summed E-state index contributed by atoms with van der Waals surface area (Å²) in [5.41, 5.74) is 0.755. The summed E-state index contributed by atoms with van der Waals surface area (Å²) in [5, 5.41) is 0. The summed E-state index contributed by atoms with van der Waals surface area (Å²) in [6, 6.07) is 0.446. The molecule has 0 aromatic carbocycles. The van der Waals surface area contributed by atoms with Crippen LogP contribution in [0.25, 0.3) is 0 Å². The van der Waals surface area contributed by atoms with Gasteiger partial charge in [0.15, 0.2) is 0 Å². The number of carbonyl (C=O) groups is 1. The smallest absolute Gasteiger partial charge is 0.410 e. The van der Waals surface area contributed by atoms with E-state index in [0.29, 0.717) is 6.04 Å². The number of hydrogen-bond acceptors (Lipinski definition) is 3. The van der Waals surface area contributed by atoms with Crippen molar-refractivity contribution in [2.24, 2.45) is 0 Å². The lowest BCUT2D eigenvalue weighted by Gasteiger charge is -2.34. The molecule has 2 rings (SSSR count). The number of piperidine rings is 1. The highest BCUT2D eigenvalue weighted by molar-refractivity contribution is 5.68. The molecule has 106 valence electrons. The lowest BCUT2D eigenvalue weighted by molar-refractivity contribution is 0.0188. The predicted molar refractivity (Wildman–Crippen MR) is 73.0 cm³/mol. The summed E-state index contributed by atoms with van der Waals surface area (Å²) in [5.74, 6) is 0. The molecule has 0 N–H and O–H groups in total. The number of ether oxygens (including phenoxy) is 1. The molecule has 0 spiro atoms. The minimum atomic E-state index is -0.422. The highest BCUT2D eigenvalue weighted by atomic mass is 16.6. The molecule has 0 saturated carbocycles. The van der Waals surface area contributed by atoms with E-state index in [-0.39, 0.29) is 6.09 Å². The number of rotatable bonds is 1. The first-order valence-electron chi connectivity index (χ1n) is 6.83. The van der Waals surface area contributed by atoms with E-state index < -0.39 is 5.60 Å². The molecule has 5 nitrogen and oxygen atoms in total. The molecule has 1 saturated heterocycles. The van der Waals surface area contributed by atoms with Crippen molar-refractivity contribution in [1.82, 2.24) is 14.5 Å². The molecule has 1 aromatic heterocycles. The average Bonchev–Trinajstić information content (AvgIpc) is 2.73. The molecule has 2 heterocycles. The van der Waals surface area contributed by atoms with Crippen LogP contribution in [-0.4, -0.2) is 39.2 Å². The van der Waals surface area contributed by atoms with E-state index in [0.717, 1.165) is 25.9 Å². The maximum Gasteiger partial charge on any atom is 0.410 e. The molecular formula is C14H23N3O2. The number of imidazole rings is 1. The zero-order chi connectivity index (χ0) is 14.0. The fourth-order valence-electron chi connectivity index (χ4n) is 2.41. The van der Waals surface area contributed by atoms with Crippen LogP contribution in [0.2, 0.25) is 0 Å². The van der Waals surface area contributed by atoms with E-state index in [1.807, 2.05) is 33.3 Å². The molecule has 0 bridgehead atoms. The van der Waals surface area contributed by atoms with Crippen molar-refractivity contribution in [3.8, 4) is 0 Å². The Morgan fingerprint density at radius 2 is 2.00 bits per heavy atom. The Bertz CT molecular complexity index is 440. The zero-order valence-corrected chi connectivity index (χ0v) is 12.2. The second kappa shape index (κ2) is 5.23. The first-order chi connectivity index (χ1) is 8.87. The van der Waals surface area contributed by atoms with Gasteiger partial charge < -0.3 is 14.2 Å². The van der Waals surface area contributed by atoms with Crippen molar-refractivity contribution in [2.75, 3.05) is 13.1 Å². The van der Waals surface area contributed by atoms with Gasteiger partial charge in [-0.3, -0.25) is 0 Å². The van der Waals surface area contributed by atoms with Gasteiger partial charge >= 0.3 is 6.09 Å². The third kappa shape index (κ3) is 3.49. The predicted octanol–water partition coefficient (Wildman–Crippen LogP) is 2.76. The van der Waals surface area contributed by atoms with Crippen molar-refractivity contribution in [2.45, 2.75) is 52.2 Å². The van der Waals surface area contributed by atoms with Gasteiger partial charge in [-0.25, -0.2) is 9.78 Å². The van der Waals surface area contributed by atoms with Crippen LogP contribution in [-0.2, 0) is 4.74 Å². The van der Waals surface area contributed by atoms with Gasteiger partial charge in [-0.2, -0.15) is 0 Å². The van der Waals surface area contributed by atoms with Crippen LogP contribution in [0.3, 0.4) is 0 Å². The summed E-state index contributed by atoms with van der Waals surface area (Å²) >= 11 is 0. The van der Waals surface area contributed by atoms with Crippen LogP contribution in [0, 0.1) is 6.92 Å².